The highest BCUT2D eigenvalue weighted by Crippen LogP contribution is 2.24. The van der Waals surface area contributed by atoms with Crippen molar-refractivity contribution in [2.24, 2.45) is 5.11 Å². The minimum absolute atomic E-state index is 0.0842. The highest BCUT2D eigenvalue weighted by atomic mass is 16.5. The smallest absolute Gasteiger partial charge is 0.305 e. The van der Waals surface area contributed by atoms with Crippen LogP contribution >= 0.6 is 0 Å². The number of unbranched alkanes of at least 4 members (excludes halogenated alkanes) is 1. The molecule has 0 aromatic heterocycles. The van der Waals surface area contributed by atoms with Gasteiger partial charge in [0.25, 0.3) is 0 Å². The lowest BCUT2D eigenvalue weighted by molar-refractivity contribution is -0.140. The van der Waals surface area contributed by atoms with Crippen molar-refractivity contribution in [2.75, 3.05) is 7.11 Å². The van der Waals surface area contributed by atoms with E-state index < -0.39 is 0 Å². The normalized spacial score (nSPS) is 11.5. The second kappa shape index (κ2) is 9.83. The van der Waals surface area contributed by atoms with Crippen LogP contribution in [-0.2, 0) is 16.0 Å². The van der Waals surface area contributed by atoms with E-state index in [0.717, 1.165) is 37.7 Å². The van der Waals surface area contributed by atoms with Gasteiger partial charge in [0.05, 0.1) is 13.2 Å². The van der Waals surface area contributed by atoms with E-state index in [-0.39, 0.29) is 12.0 Å². The molecule has 0 fully saturated rings. The molecule has 0 aliphatic rings. The van der Waals surface area contributed by atoms with Crippen molar-refractivity contribution in [3.63, 3.8) is 0 Å². The Labute approximate surface area is 125 Å². The zero-order valence-electron chi connectivity index (χ0n) is 12.8. The molecule has 0 N–H and O–H groups in total. The Morgan fingerprint density at radius 3 is 2.62 bits per heavy atom. The maximum Gasteiger partial charge on any atom is 0.305 e. The molecule has 0 saturated carbocycles. The highest BCUT2D eigenvalue weighted by molar-refractivity contribution is 5.69. The lowest BCUT2D eigenvalue weighted by Gasteiger charge is -2.11. The molecule has 0 spiro atoms. The third-order valence-electron chi connectivity index (χ3n) is 3.46. The molecule has 0 heterocycles. The Bertz CT molecular complexity index is 479. The minimum atomic E-state index is -0.172. The van der Waals surface area contributed by atoms with Gasteiger partial charge < -0.3 is 4.74 Å². The van der Waals surface area contributed by atoms with Crippen LogP contribution in [0.1, 0.15) is 56.2 Å². The first-order valence-electron chi connectivity index (χ1n) is 7.41. The number of nitrogens with zero attached hydrogens (tertiary/aromatic N) is 3. The number of esters is 1. The highest BCUT2D eigenvalue weighted by Gasteiger charge is 2.09. The minimum Gasteiger partial charge on any atom is -0.469 e. The van der Waals surface area contributed by atoms with Gasteiger partial charge in [-0.15, -0.1) is 0 Å². The number of methoxy groups -OCH3 is 1. The number of ether oxygens (including phenoxy) is 1. The monoisotopic (exact) mass is 289 g/mol. The summed E-state index contributed by atoms with van der Waals surface area (Å²) in [5, 5.41) is 3.88. The van der Waals surface area contributed by atoms with Crippen LogP contribution in [0.25, 0.3) is 10.4 Å². The van der Waals surface area contributed by atoms with Crippen LogP contribution in [0.2, 0.25) is 0 Å². The SMILES string of the molecule is CCCCC(N=[N+]=[N-])c1ccc(CCCC(=O)OC)cc1. The van der Waals surface area contributed by atoms with Crippen LogP contribution in [0, 0.1) is 0 Å². The molecule has 5 nitrogen and oxygen atoms in total. The van der Waals surface area contributed by atoms with E-state index in [0.29, 0.717) is 6.42 Å². The molecular weight excluding hydrogens is 266 g/mol. The van der Waals surface area contributed by atoms with Crippen molar-refractivity contribution in [3.05, 3.63) is 45.8 Å². The van der Waals surface area contributed by atoms with E-state index in [2.05, 4.69) is 21.7 Å². The van der Waals surface area contributed by atoms with Gasteiger partial charge in [0, 0.05) is 11.3 Å². The fourth-order valence-electron chi connectivity index (χ4n) is 2.20. The lowest BCUT2D eigenvalue weighted by Crippen LogP contribution is -2.00. The van der Waals surface area contributed by atoms with Crippen molar-refractivity contribution in [3.8, 4) is 0 Å². The molecule has 1 atom stereocenters. The van der Waals surface area contributed by atoms with E-state index >= 15 is 0 Å². The van der Waals surface area contributed by atoms with E-state index in [4.69, 9.17) is 5.53 Å². The summed E-state index contributed by atoms with van der Waals surface area (Å²) in [6.45, 7) is 2.12. The Morgan fingerprint density at radius 2 is 2.05 bits per heavy atom. The summed E-state index contributed by atoms with van der Waals surface area (Å²) in [4.78, 5) is 14.0. The molecule has 0 amide bonds. The Kier molecular flexibility index (Phi) is 7.99. The average Bonchev–Trinajstić information content (AvgIpc) is 2.52. The van der Waals surface area contributed by atoms with Crippen molar-refractivity contribution in [2.45, 2.75) is 51.5 Å². The molecule has 0 radical (unpaired) electrons. The van der Waals surface area contributed by atoms with Crippen LogP contribution < -0.4 is 0 Å². The van der Waals surface area contributed by atoms with Gasteiger partial charge in [0.15, 0.2) is 0 Å². The Morgan fingerprint density at radius 1 is 1.33 bits per heavy atom. The van der Waals surface area contributed by atoms with Crippen molar-refractivity contribution >= 4 is 5.97 Å². The van der Waals surface area contributed by atoms with E-state index in [1.54, 1.807) is 0 Å². The molecule has 1 aromatic carbocycles. The third kappa shape index (κ3) is 6.32. The first-order valence-corrected chi connectivity index (χ1v) is 7.41. The van der Waals surface area contributed by atoms with E-state index in [9.17, 15) is 4.79 Å². The average molecular weight is 289 g/mol. The number of rotatable bonds is 9. The van der Waals surface area contributed by atoms with Gasteiger partial charge in [-0.2, -0.15) is 0 Å². The van der Waals surface area contributed by atoms with Gasteiger partial charge in [0.2, 0.25) is 0 Å². The molecule has 0 aliphatic heterocycles. The molecule has 114 valence electrons. The Hall–Kier alpha value is -2.00. The van der Waals surface area contributed by atoms with Gasteiger partial charge in [-0.3, -0.25) is 4.79 Å². The van der Waals surface area contributed by atoms with Crippen LogP contribution in [0.3, 0.4) is 0 Å². The maximum absolute atomic E-state index is 11.0. The van der Waals surface area contributed by atoms with Crippen LogP contribution in [-0.4, -0.2) is 13.1 Å². The standard InChI is InChI=1S/C16H23N3O2/c1-3-4-7-15(18-19-17)14-11-9-13(10-12-14)6-5-8-16(20)21-2/h9-12,15H,3-8H2,1-2H3. The van der Waals surface area contributed by atoms with Crippen LogP contribution in [0.5, 0.6) is 0 Å². The third-order valence-corrected chi connectivity index (χ3v) is 3.46. The zero-order chi connectivity index (χ0) is 15.5. The fraction of sp³-hybridized carbons (Fsp3) is 0.562. The van der Waals surface area contributed by atoms with Gasteiger partial charge in [0.1, 0.15) is 0 Å². The molecular formula is C16H23N3O2. The largest absolute Gasteiger partial charge is 0.469 e. The number of carbonyl (C=O) groups is 1. The Balaban J connectivity index is 2.58. The van der Waals surface area contributed by atoms with Gasteiger partial charge in [-0.25, -0.2) is 0 Å². The first kappa shape index (κ1) is 17.1. The maximum atomic E-state index is 11.0. The van der Waals surface area contributed by atoms with Crippen LogP contribution in [0.4, 0.5) is 0 Å². The lowest BCUT2D eigenvalue weighted by atomic mass is 9.99. The summed E-state index contributed by atoms with van der Waals surface area (Å²) in [7, 11) is 1.41. The van der Waals surface area contributed by atoms with E-state index in [1.807, 2.05) is 24.3 Å². The summed E-state index contributed by atoms with van der Waals surface area (Å²) >= 11 is 0. The molecule has 1 unspecified atom stereocenters. The summed E-state index contributed by atoms with van der Waals surface area (Å²) in [6.07, 6.45) is 5.07. The predicted octanol–water partition coefficient (Wildman–Crippen LogP) is 4.72. The van der Waals surface area contributed by atoms with Gasteiger partial charge in [-0.1, -0.05) is 49.1 Å². The fourth-order valence-corrected chi connectivity index (χ4v) is 2.20. The summed E-state index contributed by atoms with van der Waals surface area (Å²) in [5.74, 6) is -0.172. The molecule has 1 aromatic rings. The number of carbonyl (C=O) groups excluding carboxylic acids is 1. The summed E-state index contributed by atoms with van der Waals surface area (Å²) in [5.41, 5.74) is 10.9. The number of azide groups is 1. The summed E-state index contributed by atoms with van der Waals surface area (Å²) < 4.78 is 4.62. The number of benzene rings is 1. The van der Waals surface area contributed by atoms with Crippen LogP contribution in [0.15, 0.2) is 29.4 Å². The summed E-state index contributed by atoms with van der Waals surface area (Å²) in [6, 6.07) is 8.03. The molecule has 0 aliphatic carbocycles. The molecule has 0 bridgehead atoms. The molecule has 1 rings (SSSR count). The molecule has 0 saturated heterocycles. The van der Waals surface area contributed by atoms with Gasteiger partial charge in [-0.05, 0) is 35.9 Å². The second-order valence-electron chi connectivity index (χ2n) is 5.03. The number of hydrogen-bond acceptors (Lipinski definition) is 3. The molecule has 21 heavy (non-hydrogen) atoms. The first-order chi connectivity index (χ1) is 10.2. The topological polar surface area (TPSA) is 75.1 Å². The zero-order valence-corrected chi connectivity index (χ0v) is 12.8. The van der Waals surface area contributed by atoms with Crippen molar-refractivity contribution < 1.29 is 9.53 Å². The van der Waals surface area contributed by atoms with Crippen molar-refractivity contribution in [1.82, 2.24) is 0 Å². The number of aryl methyl sites for hydroxylation is 1. The quantitative estimate of drug-likeness (QED) is 0.285. The predicted molar refractivity (Wildman–Crippen MR) is 82.8 cm³/mol. The number of hydrogen-bond donors (Lipinski definition) is 0. The second-order valence-corrected chi connectivity index (χ2v) is 5.03. The van der Waals surface area contributed by atoms with E-state index in [1.165, 1.54) is 12.7 Å². The van der Waals surface area contributed by atoms with Crippen molar-refractivity contribution in [1.29, 1.82) is 0 Å². The van der Waals surface area contributed by atoms with Gasteiger partial charge >= 0.3 is 5.97 Å². The molecule has 5 heteroatoms.